The normalized spacial score (nSPS) is 10.4. The zero-order valence-corrected chi connectivity index (χ0v) is 12.3. The standard InChI is InChI=1S/C13H10Cl2N2O4/c1-21-13(20)10-11(18)12(19)17-9(16-10)5-6-2-3-7(14)8(15)4-6/h2-4,18H,5H2,1H3,(H,16,17,19). The number of benzene rings is 1. The third-order valence-electron chi connectivity index (χ3n) is 2.68. The highest BCUT2D eigenvalue weighted by Gasteiger charge is 2.18. The molecule has 0 aliphatic rings. The van der Waals surface area contributed by atoms with E-state index < -0.39 is 23.0 Å². The van der Waals surface area contributed by atoms with Gasteiger partial charge in [-0.2, -0.15) is 0 Å². The Labute approximate surface area is 129 Å². The lowest BCUT2D eigenvalue weighted by Crippen LogP contribution is -2.18. The van der Waals surface area contributed by atoms with Gasteiger partial charge in [-0.15, -0.1) is 0 Å². The molecule has 0 saturated carbocycles. The zero-order chi connectivity index (χ0) is 15.6. The lowest BCUT2D eigenvalue weighted by atomic mass is 10.1. The maximum Gasteiger partial charge on any atom is 0.360 e. The van der Waals surface area contributed by atoms with E-state index in [2.05, 4.69) is 14.7 Å². The fraction of sp³-hybridized carbons (Fsp3) is 0.154. The van der Waals surface area contributed by atoms with Gasteiger partial charge in [-0.1, -0.05) is 29.3 Å². The molecule has 21 heavy (non-hydrogen) atoms. The van der Waals surface area contributed by atoms with E-state index in [-0.39, 0.29) is 12.2 Å². The van der Waals surface area contributed by atoms with Crippen molar-refractivity contribution in [1.29, 1.82) is 0 Å². The molecule has 0 atom stereocenters. The molecule has 0 fully saturated rings. The predicted octanol–water partition coefficient (Wildman–Crippen LogP) is 2.16. The lowest BCUT2D eigenvalue weighted by molar-refractivity contribution is 0.0589. The topological polar surface area (TPSA) is 92.3 Å². The average molecular weight is 329 g/mol. The first-order valence-electron chi connectivity index (χ1n) is 5.76. The van der Waals surface area contributed by atoms with Crippen LogP contribution in [0.2, 0.25) is 10.0 Å². The molecule has 0 aliphatic carbocycles. The first kappa shape index (κ1) is 15.3. The van der Waals surface area contributed by atoms with E-state index in [1.54, 1.807) is 18.2 Å². The molecule has 1 aromatic heterocycles. The predicted molar refractivity (Wildman–Crippen MR) is 77.1 cm³/mol. The summed E-state index contributed by atoms with van der Waals surface area (Å²) in [6, 6.07) is 4.94. The Balaban J connectivity index is 2.40. The summed E-state index contributed by atoms with van der Waals surface area (Å²) >= 11 is 11.7. The fourth-order valence-electron chi connectivity index (χ4n) is 1.68. The number of nitrogens with one attached hydrogen (secondary N) is 1. The van der Waals surface area contributed by atoms with E-state index in [0.29, 0.717) is 10.0 Å². The molecule has 0 amide bonds. The number of H-pyrrole nitrogens is 1. The third kappa shape index (κ3) is 3.34. The van der Waals surface area contributed by atoms with Gasteiger partial charge in [-0.3, -0.25) is 4.79 Å². The monoisotopic (exact) mass is 328 g/mol. The van der Waals surface area contributed by atoms with Gasteiger partial charge in [-0.05, 0) is 17.7 Å². The number of hydrogen-bond acceptors (Lipinski definition) is 5. The second-order valence-corrected chi connectivity index (χ2v) is 4.94. The van der Waals surface area contributed by atoms with E-state index in [1.807, 2.05) is 0 Å². The number of carbonyl (C=O) groups is 1. The Kier molecular flexibility index (Phi) is 4.50. The van der Waals surface area contributed by atoms with E-state index in [1.165, 1.54) is 0 Å². The van der Waals surface area contributed by atoms with E-state index in [9.17, 15) is 14.7 Å². The number of esters is 1. The van der Waals surface area contributed by atoms with Crippen LogP contribution in [0.4, 0.5) is 0 Å². The van der Waals surface area contributed by atoms with Crippen molar-refractivity contribution < 1.29 is 14.6 Å². The maximum atomic E-state index is 11.6. The molecule has 2 aromatic rings. The summed E-state index contributed by atoms with van der Waals surface area (Å²) in [5.41, 5.74) is -0.522. The molecule has 2 N–H and O–H groups in total. The number of aromatic amines is 1. The van der Waals surface area contributed by atoms with E-state index in [4.69, 9.17) is 23.2 Å². The third-order valence-corrected chi connectivity index (χ3v) is 3.42. The molecule has 8 heteroatoms. The van der Waals surface area contributed by atoms with Crippen LogP contribution in [0.3, 0.4) is 0 Å². The lowest BCUT2D eigenvalue weighted by Gasteiger charge is -2.06. The quantitative estimate of drug-likeness (QED) is 0.842. The number of aromatic hydroxyl groups is 1. The van der Waals surface area contributed by atoms with Gasteiger partial charge in [0.05, 0.1) is 17.2 Å². The molecule has 0 radical (unpaired) electrons. The minimum atomic E-state index is -0.894. The highest BCUT2D eigenvalue weighted by Crippen LogP contribution is 2.23. The molecular formula is C13H10Cl2N2O4. The van der Waals surface area contributed by atoms with Crippen LogP contribution < -0.4 is 5.56 Å². The number of ether oxygens (including phenoxy) is 1. The molecule has 6 nitrogen and oxygen atoms in total. The van der Waals surface area contributed by atoms with E-state index in [0.717, 1.165) is 12.7 Å². The SMILES string of the molecule is COC(=O)c1nc(Cc2ccc(Cl)c(Cl)c2)[nH]c(=O)c1O. The summed E-state index contributed by atoms with van der Waals surface area (Å²) in [5.74, 6) is -1.48. The van der Waals surface area contributed by atoms with Gasteiger partial charge in [0.2, 0.25) is 5.75 Å². The van der Waals surface area contributed by atoms with Crippen LogP contribution >= 0.6 is 23.2 Å². The molecule has 2 rings (SSSR count). The fourth-order valence-corrected chi connectivity index (χ4v) is 2.00. The molecule has 1 aromatic carbocycles. The number of carbonyl (C=O) groups excluding carboxylic acids is 1. The molecule has 0 saturated heterocycles. The molecule has 1 heterocycles. The van der Waals surface area contributed by atoms with Crippen LogP contribution in [0.15, 0.2) is 23.0 Å². The second-order valence-electron chi connectivity index (χ2n) is 4.13. The molecule has 0 bridgehead atoms. The smallest absolute Gasteiger partial charge is 0.360 e. The highest BCUT2D eigenvalue weighted by molar-refractivity contribution is 6.42. The van der Waals surface area contributed by atoms with Gasteiger partial charge >= 0.3 is 5.97 Å². The Morgan fingerprint density at radius 3 is 2.71 bits per heavy atom. The van der Waals surface area contributed by atoms with Crippen LogP contribution in [-0.2, 0) is 11.2 Å². The van der Waals surface area contributed by atoms with Gasteiger partial charge in [0.25, 0.3) is 5.56 Å². The summed E-state index contributed by atoms with van der Waals surface area (Å²) in [6.07, 6.45) is 0.205. The van der Waals surface area contributed by atoms with Crippen molar-refractivity contribution in [3.63, 3.8) is 0 Å². The number of methoxy groups -OCH3 is 1. The number of aromatic nitrogens is 2. The van der Waals surface area contributed by atoms with Crippen molar-refractivity contribution in [1.82, 2.24) is 9.97 Å². The average Bonchev–Trinajstić information content (AvgIpc) is 2.45. The largest absolute Gasteiger partial charge is 0.501 e. The minimum absolute atomic E-state index is 0.191. The van der Waals surface area contributed by atoms with E-state index >= 15 is 0 Å². The molecular weight excluding hydrogens is 319 g/mol. The van der Waals surface area contributed by atoms with Crippen molar-refractivity contribution >= 4 is 29.2 Å². The van der Waals surface area contributed by atoms with Crippen molar-refractivity contribution in [3.05, 3.63) is 55.7 Å². The molecule has 0 spiro atoms. The van der Waals surface area contributed by atoms with Gasteiger partial charge in [-0.25, -0.2) is 9.78 Å². The first-order chi connectivity index (χ1) is 9.92. The van der Waals surface area contributed by atoms with Crippen molar-refractivity contribution in [2.24, 2.45) is 0 Å². The summed E-state index contributed by atoms with van der Waals surface area (Å²) in [5, 5.41) is 10.3. The molecule has 0 unspecified atom stereocenters. The van der Waals surface area contributed by atoms with Crippen molar-refractivity contribution in [3.8, 4) is 5.75 Å². The molecule has 110 valence electrons. The number of rotatable bonds is 3. The number of halogens is 2. The van der Waals surface area contributed by atoms with Gasteiger partial charge in [0, 0.05) is 6.42 Å². The van der Waals surface area contributed by atoms with Gasteiger partial charge < -0.3 is 14.8 Å². The highest BCUT2D eigenvalue weighted by atomic mass is 35.5. The Morgan fingerprint density at radius 1 is 1.38 bits per heavy atom. The Morgan fingerprint density at radius 2 is 2.10 bits per heavy atom. The van der Waals surface area contributed by atoms with Crippen molar-refractivity contribution in [2.75, 3.05) is 7.11 Å². The van der Waals surface area contributed by atoms with Crippen LogP contribution in [-0.4, -0.2) is 28.2 Å². The van der Waals surface area contributed by atoms with Crippen LogP contribution in [0, 0.1) is 0 Å². The second kappa shape index (κ2) is 6.15. The zero-order valence-electron chi connectivity index (χ0n) is 10.8. The summed E-state index contributed by atoms with van der Waals surface area (Å²) in [6.45, 7) is 0. The minimum Gasteiger partial charge on any atom is -0.501 e. The van der Waals surface area contributed by atoms with Gasteiger partial charge in [0.1, 0.15) is 5.82 Å². The van der Waals surface area contributed by atoms with Gasteiger partial charge in [0.15, 0.2) is 5.69 Å². The summed E-state index contributed by atoms with van der Waals surface area (Å²) in [4.78, 5) is 29.3. The maximum absolute atomic E-state index is 11.6. The Hall–Kier alpha value is -2.05. The summed E-state index contributed by atoms with van der Waals surface area (Å²) < 4.78 is 4.46. The Bertz CT molecular complexity index is 758. The number of nitrogens with zero attached hydrogens (tertiary/aromatic N) is 1. The number of hydrogen-bond donors (Lipinski definition) is 2. The van der Waals surface area contributed by atoms with Crippen LogP contribution in [0.5, 0.6) is 5.75 Å². The van der Waals surface area contributed by atoms with Crippen molar-refractivity contribution in [2.45, 2.75) is 6.42 Å². The van der Waals surface area contributed by atoms with Crippen LogP contribution in [0.25, 0.3) is 0 Å². The first-order valence-corrected chi connectivity index (χ1v) is 6.52. The summed E-state index contributed by atoms with van der Waals surface area (Å²) in [7, 11) is 1.13. The molecule has 0 aliphatic heterocycles. The van der Waals surface area contributed by atoms with Crippen LogP contribution in [0.1, 0.15) is 21.9 Å².